The zero-order chi connectivity index (χ0) is 22.4. The zero-order valence-corrected chi connectivity index (χ0v) is 17.0. The molecule has 0 unspecified atom stereocenters. The van der Waals surface area contributed by atoms with E-state index in [1.807, 2.05) is 13.0 Å². The monoisotopic (exact) mass is 430 g/mol. The molecule has 0 aliphatic carbocycles. The number of ether oxygens (including phenoxy) is 3. The van der Waals surface area contributed by atoms with Crippen molar-refractivity contribution in [3.05, 3.63) is 59.4 Å². The molecule has 0 bridgehead atoms. The number of aromatic nitrogens is 2. The average molecular weight is 430 g/mol. The summed E-state index contributed by atoms with van der Waals surface area (Å²) in [6, 6.07) is 6.51. The lowest BCUT2D eigenvalue weighted by Crippen LogP contribution is -2.07. The number of carbonyl (C=O) groups is 1. The van der Waals surface area contributed by atoms with Gasteiger partial charge in [-0.15, -0.1) is 0 Å². The number of aryl methyl sites for hydroxylation is 1. The van der Waals surface area contributed by atoms with E-state index in [0.717, 1.165) is 11.6 Å². The Morgan fingerprint density at radius 3 is 2.29 bits per heavy atom. The van der Waals surface area contributed by atoms with E-state index in [4.69, 9.17) is 14.2 Å². The zero-order valence-electron chi connectivity index (χ0n) is 17.0. The largest absolute Gasteiger partial charge is 0.494 e. The van der Waals surface area contributed by atoms with Gasteiger partial charge in [-0.1, -0.05) is 12.1 Å². The van der Waals surface area contributed by atoms with Crippen LogP contribution in [0.1, 0.15) is 11.1 Å². The Labute approximate surface area is 177 Å². The molecule has 0 aliphatic heterocycles. The molecule has 0 saturated heterocycles. The van der Waals surface area contributed by atoms with Crippen LogP contribution < -0.4 is 24.8 Å². The van der Waals surface area contributed by atoms with E-state index in [-0.39, 0.29) is 28.8 Å². The van der Waals surface area contributed by atoms with Gasteiger partial charge in [-0.25, -0.2) is 18.7 Å². The van der Waals surface area contributed by atoms with Crippen LogP contribution in [0.25, 0.3) is 0 Å². The highest BCUT2D eigenvalue weighted by atomic mass is 19.1. The molecule has 10 heteroatoms. The van der Waals surface area contributed by atoms with E-state index in [0.29, 0.717) is 17.8 Å². The van der Waals surface area contributed by atoms with Crippen LogP contribution in [-0.2, 0) is 11.4 Å². The quantitative estimate of drug-likeness (QED) is 0.496. The fraction of sp³-hybridized carbons (Fsp3) is 0.190. The summed E-state index contributed by atoms with van der Waals surface area (Å²) in [5, 5.41) is 5.62. The molecule has 8 nitrogen and oxygen atoms in total. The third kappa shape index (κ3) is 4.80. The standard InChI is InChI=1S/C21H20F2N4O4/c1-12-5-4-6-15(26-11-28)20(12)27-21-24-8-13(9-25-21)31-10-14-18(22)16(29-2)7-17(30-3)19(14)23/h4-9,11H,10H2,1-3H3,(H,26,28)(H,24,25,27). The fourth-order valence-electron chi connectivity index (χ4n) is 2.80. The van der Waals surface area contributed by atoms with Crippen LogP contribution in [0.4, 0.5) is 26.1 Å². The van der Waals surface area contributed by atoms with Crippen LogP contribution >= 0.6 is 0 Å². The first kappa shape index (κ1) is 21.8. The normalized spacial score (nSPS) is 10.4. The minimum atomic E-state index is -0.880. The highest BCUT2D eigenvalue weighted by Crippen LogP contribution is 2.32. The first-order valence-electron chi connectivity index (χ1n) is 9.09. The molecular formula is C21H20F2N4O4. The summed E-state index contributed by atoms with van der Waals surface area (Å²) < 4.78 is 44.1. The second-order valence-electron chi connectivity index (χ2n) is 6.30. The number of rotatable bonds is 9. The number of nitrogens with zero attached hydrogens (tertiary/aromatic N) is 2. The highest BCUT2D eigenvalue weighted by Gasteiger charge is 2.20. The predicted octanol–water partition coefficient (Wildman–Crippen LogP) is 3.97. The minimum absolute atomic E-state index is 0.161. The Kier molecular flexibility index (Phi) is 6.81. The molecule has 3 rings (SSSR count). The molecule has 0 spiro atoms. The van der Waals surface area contributed by atoms with Crippen LogP contribution in [0.15, 0.2) is 36.7 Å². The number of benzene rings is 2. The van der Waals surface area contributed by atoms with Gasteiger partial charge in [0.05, 0.1) is 43.6 Å². The third-order valence-corrected chi connectivity index (χ3v) is 4.40. The number of anilines is 3. The molecule has 2 aromatic carbocycles. The van der Waals surface area contributed by atoms with Crippen LogP contribution in [0, 0.1) is 18.6 Å². The van der Waals surface area contributed by atoms with Gasteiger partial charge in [0.15, 0.2) is 28.9 Å². The van der Waals surface area contributed by atoms with Crippen molar-refractivity contribution in [3.63, 3.8) is 0 Å². The van der Waals surface area contributed by atoms with E-state index in [1.54, 1.807) is 12.1 Å². The Balaban J connectivity index is 1.75. The summed E-state index contributed by atoms with van der Waals surface area (Å²) >= 11 is 0. The van der Waals surface area contributed by atoms with Crippen molar-refractivity contribution in [2.75, 3.05) is 24.9 Å². The van der Waals surface area contributed by atoms with Crippen molar-refractivity contribution in [2.45, 2.75) is 13.5 Å². The first-order chi connectivity index (χ1) is 15.0. The van der Waals surface area contributed by atoms with Gasteiger partial charge in [0.2, 0.25) is 12.4 Å². The van der Waals surface area contributed by atoms with Gasteiger partial charge in [0.1, 0.15) is 6.61 Å². The van der Waals surface area contributed by atoms with E-state index in [1.165, 1.54) is 26.6 Å². The van der Waals surface area contributed by atoms with E-state index < -0.39 is 18.2 Å². The molecule has 0 radical (unpaired) electrons. The highest BCUT2D eigenvalue weighted by molar-refractivity contribution is 5.84. The van der Waals surface area contributed by atoms with Crippen molar-refractivity contribution in [3.8, 4) is 17.2 Å². The van der Waals surface area contributed by atoms with Crippen molar-refractivity contribution in [2.24, 2.45) is 0 Å². The summed E-state index contributed by atoms with van der Waals surface area (Å²) in [7, 11) is 2.54. The SMILES string of the molecule is COc1cc(OC)c(F)c(COc2cnc(Nc3c(C)cccc3NC=O)nc2)c1F. The summed E-state index contributed by atoms with van der Waals surface area (Å²) in [6.07, 6.45) is 3.28. The number of hydrogen-bond acceptors (Lipinski definition) is 7. The van der Waals surface area contributed by atoms with Gasteiger partial charge in [0, 0.05) is 6.07 Å². The molecule has 31 heavy (non-hydrogen) atoms. The average Bonchev–Trinajstić information content (AvgIpc) is 2.77. The summed E-state index contributed by atoms with van der Waals surface area (Å²) in [4.78, 5) is 19.1. The Hall–Kier alpha value is -3.95. The van der Waals surface area contributed by atoms with E-state index in [9.17, 15) is 13.6 Å². The van der Waals surface area contributed by atoms with Crippen molar-refractivity contribution >= 4 is 23.7 Å². The lowest BCUT2D eigenvalue weighted by atomic mass is 10.1. The smallest absolute Gasteiger partial charge is 0.227 e. The van der Waals surface area contributed by atoms with Gasteiger partial charge < -0.3 is 24.8 Å². The molecule has 2 N–H and O–H groups in total. The number of hydrogen-bond donors (Lipinski definition) is 2. The van der Waals surface area contributed by atoms with Crippen LogP contribution in [0.3, 0.4) is 0 Å². The summed E-state index contributed by atoms with van der Waals surface area (Å²) in [5.74, 6) is -1.64. The van der Waals surface area contributed by atoms with Crippen LogP contribution in [-0.4, -0.2) is 30.6 Å². The molecule has 0 fully saturated rings. The van der Waals surface area contributed by atoms with Crippen molar-refractivity contribution in [1.82, 2.24) is 9.97 Å². The van der Waals surface area contributed by atoms with Crippen molar-refractivity contribution in [1.29, 1.82) is 0 Å². The van der Waals surface area contributed by atoms with Gasteiger partial charge >= 0.3 is 0 Å². The summed E-state index contributed by atoms with van der Waals surface area (Å²) in [5.41, 5.74) is 1.73. The third-order valence-electron chi connectivity index (χ3n) is 4.40. The molecule has 1 aromatic heterocycles. The summed E-state index contributed by atoms with van der Waals surface area (Å²) in [6.45, 7) is 1.44. The van der Waals surface area contributed by atoms with Gasteiger partial charge in [-0.3, -0.25) is 4.79 Å². The maximum atomic E-state index is 14.4. The number of methoxy groups -OCH3 is 2. The first-order valence-corrected chi connectivity index (χ1v) is 9.09. The molecule has 1 heterocycles. The molecule has 3 aromatic rings. The second-order valence-corrected chi connectivity index (χ2v) is 6.30. The second kappa shape index (κ2) is 9.70. The Bertz CT molecular complexity index is 1050. The number of carbonyl (C=O) groups excluding carboxylic acids is 1. The minimum Gasteiger partial charge on any atom is -0.494 e. The number of nitrogens with one attached hydrogen (secondary N) is 2. The number of amides is 1. The molecule has 162 valence electrons. The lowest BCUT2D eigenvalue weighted by Gasteiger charge is -2.14. The maximum absolute atomic E-state index is 14.4. The topological polar surface area (TPSA) is 94.6 Å². The van der Waals surface area contributed by atoms with E-state index in [2.05, 4.69) is 20.6 Å². The molecular weight excluding hydrogens is 410 g/mol. The van der Waals surface area contributed by atoms with E-state index >= 15 is 0 Å². The van der Waals surface area contributed by atoms with Gasteiger partial charge in [0.25, 0.3) is 0 Å². The van der Waals surface area contributed by atoms with Crippen LogP contribution in [0.5, 0.6) is 17.2 Å². The number of para-hydroxylation sites is 1. The molecule has 0 atom stereocenters. The lowest BCUT2D eigenvalue weighted by molar-refractivity contribution is -0.105. The van der Waals surface area contributed by atoms with Gasteiger partial charge in [-0.05, 0) is 18.6 Å². The maximum Gasteiger partial charge on any atom is 0.227 e. The fourth-order valence-corrected chi connectivity index (χ4v) is 2.80. The molecule has 0 aliphatic rings. The van der Waals surface area contributed by atoms with Gasteiger partial charge in [-0.2, -0.15) is 0 Å². The van der Waals surface area contributed by atoms with Crippen molar-refractivity contribution < 1.29 is 27.8 Å². The molecule has 1 amide bonds. The Morgan fingerprint density at radius 2 is 1.71 bits per heavy atom. The number of halogens is 2. The Morgan fingerprint density at radius 1 is 1.06 bits per heavy atom. The molecule has 0 saturated carbocycles. The van der Waals surface area contributed by atoms with Crippen LogP contribution in [0.2, 0.25) is 0 Å². The predicted molar refractivity (Wildman–Crippen MR) is 110 cm³/mol.